The number of aliphatic hydroxyl groups is 1. The quantitative estimate of drug-likeness (QED) is 0.740. The second-order valence-corrected chi connectivity index (χ2v) is 3.06. The highest BCUT2D eigenvalue weighted by atomic mass is 16.5. The minimum absolute atomic E-state index is 0.176. The molecule has 0 bridgehead atoms. The number of esters is 1. The number of carbonyl (C=O) groups excluding carboxylic acids is 1. The molecule has 76 valence electrons. The maximum atomic E-state index is 11.1. The van der Waals surface area contributed by atoms with Gasteiger partial charge in [-0.2, -0.15) is 0 Å². The molecular weight excluding hydrogens is 180 g/mol. The van der Waals surface area contributed by atoms with Gasteiger partial charge in [-0.05, 0) is 12.5 Å². The average Bonchev–Trinajstić information content (AvgIpc) is 2.14. The van der Waals surface area contributed by atoms with Gasteiger partial charge < -0.3 is 9.84 Å². The van der Waals surface area contributed by atoms with Gasteiger partial charge in [-0.1, -0.05) is 30.3 Å². The molecule has 1 N–H and O–H groups in total. The second-order valence-electron chi connectivity index (χ2n) is 3.06. The van der Waals surface area contributed by atoms with Crippen LogP contribution in [0.2, 0.25) is 0 Å². The number of hydrogen-bond acceptors (Lipinski definition) is 3. The molecule has 14 heavy (non-hydrogen) atoms. The Morgan fingerprint density at radius 2 is 2.21 bits per heavy atom. The number of benzene rings is 1. The monoisotopic (exact) mass is 195 g/mol. The largest absolute Gasteiger partial charge is 0.461 e. The third-order valence-electron chi connectivity index (χ3n) is 1.64. The first-order chi connectivity index (χ1) is 6.97. The third-order valence-corrected chi connectivity index (χ3v) is 1.64. The van der Waals surface area contributed by atoms with Gasteiger partial charge in [0.25, 0.3) is 0 Å². The van der Waals surface area contributed by atoms with Crippen molar-refractivity contribution in [2.24, 2.45) is 0 Å². The van der Waals surface area contributed by atoms with Gasteiger partial charge in [0.1, 0.15) is 6.61 Å². The molecule has 1 atom stereocenters. The molecule has 3 heteroatoms. The van der Waals surface area contributed by atoms with Gasteiger partial charge in [-0.3, -0.25) is 4.79 Å². The highest BCUT2D eigenvalue weighted by molar-refractivity contribution is 5.69. The Morgan fingerprint density at radius 3 is 2.79 bits per heavy atom. The number of hydrogen-bond donors (Lipinski definition) is 1. The van der Waals surface area contributed by atoms with E-state index in [-0.39, 0.29) is 13.0 Å². The van der Waals surface area contributed by atoms with E-state index in [9.17, 15) is 4.79 Å². The summed E-state index contributed by atoms with van der Waals surface area (Å²) in [5, 5.41) is 9.05. The lowest BCUT2D eigenvalue weighted by Gasteiger charge is -2.05. The SMILES string of the molecule is [2H]C(C)(O)CC(=O)OCc1ccccc1. The first-order valence-corrected chi connectivity index (χ1v) is 4.39. The molecule has 0 saturated heterocycles. The summed E-state index contributed by atoms with van der Waals surface area (Å²) in [7, 11) is 0. The summed E-state index contributed by atoms with van der Waals surface area (Å²) in [5.41, 5.74) is 0.885. The lowest BCUT2D eigenvalue weighted by atomic mass is 10.2. The summed E-state index contributed by atoms with van der Waals surface area (Å²) in [6, 6.07) is 9.26. The zero-order valence-electron chi connectivity index (χ0n) is 9.06. The van der Waals surface area contributed by atoms with Crippen LogP contribution in [0, 0.1) is 0 Å². The van der Waals surface area contributed by atoms with E-state index in [0.717, 1.165) is 5.56 Å². The van der Waals surface area contributed by atoms with Crippen LogP contribution in [0.4, 0.5) is 0 Å². The topological polar surface area (TPSA) is 46.5 Å². The molecule has 3 nitrogen and oxygen atoms in total. The van der Waals surface area contributed by atoms with E-state index in [1.165, 1.54) is 6.92 Å². The lowest BCUT2D eigenvalue weighted by molar-refractivity contribution is -0.146. The van der Waals surface area contributed by atoms with Crippen molar-refractivity contribution in [3.63, 3.8) is 0 Å². The highest BCUT2D eigenvalue weighted by Crippen LogP contribution is 2.02. The molecule has 0 amide bonds. The predicted molar refractivity (Wildman–Crippen MR) is 52.5 cm³/mol. The average molecular weight is 195 g/mol. The van der Waals surface area contributed by atoms with Crippen molar-refractivity contribution in [3.8, 4) is 0 Å². The van der Waals surface area contributed by atoms with E-state index >= 15 is 0 Å². The number of ether oxygens (including phenoxy) is 1. The van der Waals surface area contributed by atoms with Gasteiger partial charge in [-0.25, -0.2) is 0 Å². The van der Waals surface area contributed by atoms with Crippen LogP contribution in [0.3, 0.4) is 0 Å². The first-order valence-electron chi connectivity index (χ1n) is 4.89. The van der Waals surface area contributed by atoms with Crippen molar-refractivity contribution >= 4 is 5.97 Å². The summed E-state index contributed by atoms with van der Waals surface area (Å²) >= 11 is 0. The fraction of sp³-hybridized carbons (Fsp3) is 0.364. The Labute approximate surface area is 84.7 Å². The van der Waals surface area contributed by atoms with Gasteiger partial charge in [0.05, 0.1) is 13.9 Å². The van der Waals surface area contributed by atoms with Crippen molar-refractivity contribution in [1.82, 2.24) is 0 Å². The summed E-state index contributed by atoms with van der Waals surface area (Å²) in [4.78, 5) is 11.1. The van der Waals surface area contributed by atoms with Crippen molar-refractivity contribution in [3.05, 3.63) is 35.9 Å². The van der Waals surface area contributed by atoms with E-state index in [4.69, 9.17) is 11.2 Å². The smallest absolute Gasteiger partial charge is 0.308 e. The molecule has 1 unspecified atom stereocenters. The van der Waals surface area contributed by atoms with Crippen LogP contribution < -0.4 is 0 Å². The Hall–Kier alpha value is -1.35. The first kappa shape index (κ1) is 9.21. The fourth-order valence-electron chi connectivity index (χ4n) is 0.998. The molecule has 0 aliphatic rings. The van der Waals surface area contributed by atoms with E-state index in [1.807, 2.05) is 30.3 Å². The van der Waals surface area contributed by atoms with E-state index in [0.29, 0.717) is 0 Å². The Balaban J connectivity index is 2.35. The van der Waals surface area contributed by atoms with Crippen LogP contribution in [-0.2, 0) is 16.1 Å². The summed E-state index contributed by atoms with van der Waals surface area (Å²) < 4.78 is 12.0. The van der Waals surface area contributed by atoms with Gasteiger partial charge in [0.2, 0.25) is 0 Å². The zero-order valence-corrected chi connectivity index (χ0v) is 8.06. The minimum Gasteiger partial charge on any atom is -0.461 e. The van der Waals surface area contributed by atoms with Crippen molar-refractivity contribution in [2.45, 2.75) is 26.0 Å². The normalized spacial score (nSPS) is 15.4. The molecule has 0 fully saturated rings. The Morgan fingerprint density at radius 1 is 1.57 bits per heavy atom. The number of rotatable bonds is 4. The van der Waals surface area contributed by atoms with Crippen LogP contribution in [0.5, 0.6) is 0 Å². The van der Waals surface area contributed by atoms with Crippen LogP contribution in [0.15, 0.2) is 30.3 Å². The van der Waals surface area contributed by atoms with Gasteiger partial charge in [0.15, 0.2) is 0 Å². The highest BCUT2D eigenvalue weighted by Gasteiger charge is 2.06. The standard InChI is InChI=1S/C11H14O3/c1-9(12)7-11(13)14-8-10-5-3-2-4-6-10/h2-6,9,12H,7-8H2,1H3/i9D. The molecule has 0 aromatic heterocycles. The second kappa shape index (κ2) is 5.40. The van der Waals surface area contributed by atoms with Gasteiger partial charge >= 0.3 is 5.97 Å². The Bertz CT molecular complexity index is 316. The third kappa shape index (κ3) is 4.05. The zero-order chi connectivity index (χ0) is 11.3. The maximum Gasteiger partial charge on any atom is 0.308 e. The van der Waals surface area contributed by atoms with Gasteiger partial charge in [0, 0.05) is 0 Å². The van der Waals surface area contributed by atoms with Crippen LogP contribution in [0.1, 0.15) is 20.3 Å². The van der Waals surface area contributed by atoms with E-state index in [1.54, 1.807) is 0 Å². The molecule has 0 radical (unpaired) electrons. The van der Waals surface area contributed by atoms with E-state index in [2.05, 4.69) is 0 Å². The molecule has 1 aromatic carbocycles. The van der Waals surface area contributed by atoms with Crippen LogP contribution >= 0.6 is 0 Å². The fourth-order valence-corrected chi connectivity index (χ4v) is 0.998. The maximum absolute atomic E-state index is 11.1. The molecule has 0 aliphatic carbocycles. The predicted octanol–water partition coefficient (Wildman–Crippen LogP) is 1.50. The molecule has 1 rings (SSSR count). The van der Waals surface area contributed by atoms with E-state index < -0.39 is 12.0 Å². The summed E-state index contributed by atoms with van der Waals surface area (Å²) in [6.07, 6.45) is -2.08. The molecule has 0 spiro atoms. The molecule has 0 heterocycles. The molecular formula is C11H14O3. The summed E-state index contributed by atoms with van der Waals surface area (Å²) in [6.45, 7) is 1.42. The van der Waals surface area contributed by atoms with Crippen LogP contribution in [0.25, 0.3) is 0 Å². The van der Waals surface area contributed by atoms with Crippen LogP contribution in [-0.4, -0.2) is 17.2 Å². The lowest BCUT2D eigenvalue weighted by Crippen LogP contribution is -2.12. The van der Waals surface area contributed by atoms with Crippen molar-refractivity contribution in [1.29, 1.82) is 0 Å². The minimum atomic E-state index is -1.76. The Kier molecular flexibility index (Phi) is 3.55. The van der Waals surface area contributed by atoms with Crippen molar-refractivity contribution < 1.29 is 16.0 Å². The number of carbonyl (C=O) groups is 1. The van der Waals surface area contributed by atoms with Crippen molar-refractivity contribution in [2.75, 3.05) is 0 Å². The van der Waals surface area contributed by atoms with Gasteiger partial charge in [-0.15, -0.1) is 0 Å². The summed E-state index contributed by atoms with van der Waals surface area (Å²) in [5.74, 6) is -0.571. The molecule has 1 aromatic rings. The molecule has 0 aliphatic heterocycles. The molecule has 0 saturated carbocycles.